The number of benzene rings is 2. The fourth-order valence-electron chi connectivity index (χ4n) is 4.06. The van der Waals surface area contributed by atoms with Gasteiger partial charge in [-0.2, -0.15) is 0 Å². The molecule has 0 aliphatic carbocycles. The monoisotopic (exact) mass is 334 g/mol. The van der Waals surface area contributed by atoms with Crippen LogP contribution in [0.2, 0.25) is 0 Å². The maximum Gasteiger partial charge on any atom is 0.260 e. The Morgan fingerprint density at radius 3 is 2.88 bits per heavy atom. The number of fused-ring (bicyclic) bond motifs is 1. The second-order valence-corrected chi connectivity index (χ2v) is 7.59. The lowest BCUT2D eigenvalue weighted by atomic mass is 10.0. The van der Waals surface area contributed by atoms with Crippen molar-refractivity contribution < 1.29 is 4.79 Å². The van der Waals surface area contributed by atoms with E-state index >= 15 is 0 Å². The molecule has 3 heterocycles. The van der Waals surface area contributed by atoms with Gasteiger partial charge in [0.05, 0.1) is 12.4 Å². The van der Waals surface area contributed by atoms with Crippen molar-refractivity contribution in [1.82, 2.24) is 4.90 Å². The van der Waals surface area contributed by atoms with E-state index in [1.807, 2.05) is 34.4 Å². The molecule has 24 heavy (non-hydrogen) atoms. The number of amides is 1. The molecule has 0 saturated heterocycles. The number of nitrogens with zero attached hydrogens (tertiary/aromatic N) is 2. The van der Waals surface area contributed by atoms with Crippen molar-refractivity contribution in [3.05, 3.63) is 63.8 Å². The molecular formula is C20H18N2OS. The molecule has 3 aromatic rings. The van der Waals surface area contributed by atoms with Crippen molar-refractivity contribution in [1.29, 1.82) is 0 Å². The molecule has 0 N–H and O–H groups in total. The van der Waals surface area contributed by atoms with Gasteiger partial charge in [-0.25, -0.2) is 0 Å². The lowest BCUT2D eigenvalue weighted by Gasteiger charge is -2.36. The lowest BCUT2D eigenvalue weighted by Crippen LogP contribution is -2.43. The van der Waals surface area contributed by atoms with Gasteiger partial charge in [0.2, 0.25) is 0 Å². The minimum atomic E-state index is 0.130. The first-order valence-electron chi connectivity index (χ1n) is 8.38. The number of hydrogen-bond acceptors (Lipinski definition) is 3. The Hall–Kier alpha value is -2.17. The van der Waals surface area contributed by atoms with E-state index in [-0.39, 0.29) is 5.91 Å². The molecule has 2 aliphatic rings. The van der Waals surface area contributed by atoms with Crippen molar-refractivity contribution in [3.8, 4) is 0 Å². The molecule has 0 spiro atoms. The highest BCUT2D eigenvalue weighted by molar-refractivity contribution is 7.10. The van der Waals surface area contributed by atoms with Crippen LogP contribution in [0.25, 0.3) is 10.8 Å². The smallest absolute Gasteiger partial charge is 0.260 e. The Morgan fingerprint density at radius 1 is 1.17 bits per heavy atom. The topological polar surface area (TPSA) is 23.6 Å². The second-order valence-electron chi connectivity index (χ2n) is 6.59. The van der Waals surface area contributed by atoms with Crippen LogP contribution in [-0.2, 0) is 6.42 Å². The highest BCUT2D eigenvalue weighted by Gasteiger charge is 2.33. The van der Waals surface area contributed by atoms with Gasteiger partial charge >= 0.3 is 0 Å². The first-order chi connectivity index (χ1) is 11.7. The van der Waals surface area contributed by atoms with Gasteiger partial charge in [0.1, 0.15) is 0 Å². The van der Waals surface area contributed by atoms with Crippen LogP contribution >= 0.6 is 11.3 Å². The van der Waals surface area contributed by atoms with E-state index in [0.29, 0.717) is 12.7 Å². The van der Waals surface area contributed by atoms with Crippen molar-refractivity contribution in [2.75, 3.05) is 18.1 Å². The van der Waals surface area contributed by atoms with Crippen molar-refractivity contribution in [3.63, 3.8) is 0 Å². The van der Waals surface area contributed by atoms with Gasteiger partial charge < -0.3 is 0 Å². The highest BCUT2D eigenvalue weighted by atomic mass is 32.1. The third-order valence-electron chi connectivity index (χ3n) is 5.38. The molecule has 1 amide bonds. The third kappa shape index (κ3) is 1.90. The molecule has 5 rings (SSSR count). The highest BCUT2D eigenvalue weighted by Crippen LogP contribution is 2.39. The van der Waals surface area contributed by atoms with E-state index in [9.17, 15) is 4.79 Å². The quantitative estimate of drug-likeness (QED) is 0.692. The second kappa shape index (κ2) is 5.16. The molecule has 1 atom stereocenters. The summed E-state index contributed by atoms with van der Waals surface area (Å²) >= 11 is 1.85. The molecule has 0 saturated carbocycles. The zero-order valence-electron chi connectivity index (χ0n) is 13.5. The predicted octanol–water partition coefficient (Wildman–Crippen LogP) is 4.44. The van der Waals surface area contributed by atoms with Crippen LogP contribution in [0.5, 0.6) is 0 Å². The molecule has 2 aromatic carbocycles. The summed E-state index contributed by atoms with van der Waals surface area (Å²) in [4.78, 5) is 18.8. The van der Waals surface area contributed by atoms with E-state index in [1.54, 1.807) is 0 Å². The summed E-state index contributed by atoms with van der Waals surface area (Å²) in [6.07, 6.45) is 1.08. The van der Waals surface area contributed by atoms with Gasteiger partial charge in [0.25, 0.3) is 5.91 Å². The summed E-state index contributed by atoms with van der Waals surface area (Å²) in [5.41, 5.74) is 3.31. The number of thiophene rings is 1. The van der Waals surface area contributed by atoms with Crippen LogP contribution in [0.3, 0.4) is 0 Å². The van der Waals surface area contributed by atoms with Gasteiger partial charge in [-0.3, -0.25) is 14.6 Å². The Labute approximate surface area is 145 Å². The normalized spacial score (nSPS) is 20.0. The van der Waals surface area contributed by atoms with E-state index in [4.69, 9.17) is 0 Å². The third-order valence-corrected chi connectivity index (χ3v) is 6.37. The van der Waals surface area contributed by atoms with Crippen molar-refractivity contribution in [2.24, 2.45) is 0 Å². The lowest BCUT2D eigenvalue weighted by molar-refractivity contribution is 0.0960. The molecule has 120 valence electrons. The average molecular weight is 334 g/mol. The largest absolute Gasteiger partial charge is 0.294 e. The Balaban J connectivity index is 1.51. The number of rotatable bonds is 2. The van der Waals surface area contributed by atoms with E-state index in [0.717, 1.165) is 35.0 Å². The van der Waals surface area contributed by atoms with Gasteiger partial charge in [-0.1, -0.05) is 24.3 Å². The summed E-state index contributed by atoms with van der Waals surface area (Å²) in [6, 6.07) is 14.8. The summed E-state index contributed by atoms with van der Waals surface area (Å²) < 4.78 is 0. The van der Waals surface area contributed by atoms with Gasteiger partial charge in [0, 0.05) is 28.4 Å². The molecule has 4 heteroatoms. The van der Waals surface area contributed by atoms with Crippen LogP contribution in [0.1, 0.15) is 33.8 Å². The van der Waals surface area contributed by atoms with E-state index < -0.39 is 0 Å². The van der Waals surface area contributed by atoms with Crippen LogP contribution in [0.4, 0.5) is 5.69 Å². The summed E-state index contributed by atoms with van der Waals surface area (Å²) in [6.45, 7) is 3.91. The molecule has 3 nitrogen and oxygen atoms in total. The Morgan fingerprint density at radius 2 is 2.00 bits per heavy atom. The minimum absolute atomic E-state index is 0.130. The SMILES string of the molecule is C[C@@H]1c2ccsc2CCN1CN1C(=O)c2cccc3cccc1c23. The Kier molecular flexibility index (Phi) is 3.05. The molecule has 0 fully saturated rings. The predicted molar refractivity (Wildman–Crippen MR) is 98.8 cm³/mol. The molecule has 0 radical (unpaired) electrons. The summed E-state index contributed by atoms with van der Waals surface area (Å²) in [5, 5.41) is 4.43. The van der Waals surface area contributed by atoms with Crippen LogP contribution in [0, 0.1) is 0 Å². The van der Waals surface area contributed by atoms with Crippen LogP contribution < -0.4 is 4.90 Å². The fourth-order valence-corrected chi connectivity index (χ4v) is 5.02. The first kappa shape index (κ1) is 14.2. The minimum Gasteiger partial charge on any atom is -0.294 e. The molecule has 2 aliphatic heterocycles. The zero-order chi connectivity index (χ0) is 16.3. The first-order valence-corrected chi connectivity index (χ1v) is 9.26. The van der Waals surface area contributed by atoms with Crippen LogP contribution in [0.15, 0.2) is 47.8 Å². The molecular weight excluding hydrogens is 316 g/mol. The van der Waals surface area contributed by atoms with Crippen molar-refractivity contribution >= 4 is 33.7 Å². The van der Waals surface area contributed by atoms with Crippen LogP contribution in [-0.4, -0.2) is 24.0 Å². The van der Waals surface area contributed by atoms with Crippen molar-refractivity contribution in [2.45, 2.75) is 19.4 Å². The van der Waals surface area contributed by atoms with Gasteiger partial charge in [-0.15, -0.1) is 11.3 Å². The van der Waals surface area contributed by atoms with Gasteiger partial charge in [0.15, 0.2) is 0 Å². The van der Waals surface area contributed by atoms with Gasteiger partial charge in [-0.05, 0) is 47.9 Å². The molecule has 1 aromatic heterocycles. The maximum absolute atomic E-state index is 13.0. The fraction of sp³-hybridized carbons (Fsp3) is 0.250. The Bertz CT molecular complexity index is 956. The summed E-state index contributed by atoms with van der Waals surface area (Å²) in [7, 11) is 0. The average Bonchev–Trinajstić information content (AvgIpc) is 3.18. The van der Waals surface area contributed by atoms with E-state index in [2.05, 4.69) is 41.5 Å². The van der Waals surface area contributed by atoms with E-state index in [1.165, 1.54) is 10.4 Å². The zero-order valence-corrected chi connectivity index (χ0v) is 14.3. The standard InChI is InChI=1S/C20H18N2OS/c1-13-15-9-11-24-18(15)8-10-21(13)12-22-17-7-3-5-14-4-2-6-16(19(14)17)20(22)23/h2-7,9,11,13H,8,10,12H2,1H3/t13-/m1/s1. The molecule has 0 unspecified atom stereocenters. The maximum atomic E-state index is 13.0. The number of carbonyl (C=O) groups excluding carboxylic acids is 1. The molecule has 0 bridgehead atoms. The number of anilines is 1. The number of carbonyl (C=O) groups is 1. The number of hydrogen-bond donors (Lipinski definition) is 0. The summed E-state index contributed by atoms with van der Waals surface area (Å²) in [5.74, 6) is 0.130.